The summed E-state index contributed by atoms with van der Waals surface area (Å²) in [6, 6.07) is 8.57. The Balaban J connectivity index is 1.51. The molecule has 1 aliphatic heterocycles. The smallest absolute Gasteiger partial charge is 0.0547 e. The van der Waals surface area contributed by atoms with Gasteiger partial charge in [0.2, 0.25) is 0 Å². The van der Waals surface area contributed by atoms with Crippen molar-refractivity contribution in [3.8, 4) is 0 Å². The quantitative estimate of drug-likeness (QED) is 0.788. The highest BCUT2D eigenvalue weighted by atomic mass is 16.3. The van der Waals surface area contributed by atoms with E-state index in [-0.39, 0.29) is 6.61 Å². The lowest BCUT2D eigenvalue weighted by atomic mass is 10.1. The zero-order valence-electron chi connectivity index (χ0n) is 15.1. The molecular weight excluding hydrogens is 314 g/mol. The molecular formula is C19H29N5O. The summed E-state index contributed by atoms with van der Waals surface area (Å²) in [7, 11) is 0. The number of nitrogens with zero attached hydrogens (tertiary/aromatic N) is 5. The van der Waals surface area contributed by atoms with Crippen molar-refractivity contribution in [1.29, 1.82) is 0 Å². The second-order valence-corrected chi connectivity index (χ2v) is 6.83. The third-order valence-corrected chi connectivity index (χ3v) is 4.88. The average Bonchev–Trinajstić information content (AvgIpc) is 3.11. The highest BCUT2D eigenvalue weighted by molar-refractivity contribution is 5.10. The third kappa shape index (κ3) is 5.36. The summed E-state index contributed by atoms with van der Waals surface area (Å²) >= 11 is 0. The minimum atomic E-state index is 0.240. The maximum Gasteiger partial charge on any atom is 0.0547 e. The first kappa shape index (κ1) is 18.0. The molecule has 1 atom stereocenters. The molecule has 0 amide bonds. The van der Waals surface area contributed by atoms with Crippen LogP contribution in [0.3, 0.4) is 0 Å². The van der Waals surface area contributed by atoms with E-state index in [0.29, 0.717) is 6.04 Å². The molecule has 136 valence electrons. The van der Waals surface area contributed by atoms with Crippen LogP contribution >= 0.6 is 0 Å². The van der Waals surface area contributed by atoms with Gasteiger partial charge in [0.05, 0.1) is 5.69 Å². The van der Waals surface area contributed by atoms with Crippen LogP contribution in [0.15, 0.2) is 36.7 Å². The van der Waals surface area contributed by atoms with Gasteiger partial charge in [-0.2, -0.15) is 5.10 Å². The Hall–Kier alpha value is -1.76. The van der Waals surface area contributed by atoms with Crippen molar-refractivity contribution in [2.24, 2.45) is 0 Å². The van der Waals surface area contributed by atoms with Crippen molar-refractivity contribution in [1.82, 2.24) is 24.6 Å². The molecule has 0 bridgehead atoms. The molecule has 2 aromatic heterocycles. The first-order valence-electron chi connectivity index (χ1n) is 9.22. The van der Waals surface area contributed by atoms with Crippen LogP contribution in [-0.2, 0) is 13.1 Å². The normalized spacial score (nSPS) is 19.4. The van der Waals surface area contributed by atoms with Crippen molar-refractivity contribution in [3.05, 3.63) is 48.0 Å². The standard InChI is InChI=1S/C19H29N5O/c1-17-5-2-6-18(21-17)15-23-13-12-22(16-19(23)7-14-25)9-4-11-24-10-3-8-20-24/h2-3,5-6,8,10,19,25H,4,7,9,11-16H2,1H3. The lowest BCUT2D eigenvalue weighted by Gasteiger charge is -2.41. The topological polar surface area (TPSA) is 57.4 Å². The van der Waals surface area contributed by atoms with E-state index in [0.717, 1.165) is 63.5 Å². The van der Waals surface area contributed by atoms with Crippen LogP contribution in [0.2, 0.25) is 0 Å². The van der Waals surface area contributed by atoms with Gasteiger partial charge in [-0.05, 0) is 38.0 Å². The van der Waals surface area contributed by atoms with Crippen molar-refractivity contribution < 1.29 is 5.11 Å². The van der Waals surface area contributed by atoms with Crippen molar-refractivity contribution in [3.63, 3.8) is 0 Å². The molecule has 6 heteroatoms. The summed E-state index contributed by atoms with van der Waals surface area (Å²) in [6.45, 7) is 8.31. The molecule has 1 unspecified atom stereocenters. The molecule has 25 heavy (non-hydrogen) atoms. The summed E-state index contributed by atoms with van der Waals surface area (Å²) in [5.41, 5.74) is 2.18. The Morgan fingerprint density at radius 2 is 2.12 bits per heavy atom. The van der Waals surface area contributed by atoms with E-state index in [1.165, 1.54) is 0 Å². The van der Waals surface area contributed by atoms with Gasteiger partial charge in [0.15, 0.2) is 0 Å². The van der Waals surface area contributed by atoms with Gasteiger partial charge in [-0.15, -0.1) is 0 Å². The largest absolute Gasteiger partial charge is 0.396 e. The fourth-order valence-corrected chi connectivity index (χ4v) is 3.58. The van der Waals surface area contributed by atoms with Gasteiger partial charge in [0.1, 0.15) is 0 Å². The Kier molecular flexibility index (Phi) is 6.55. The van der Waals surface area contributed by atoms with Gasteiger partial charge in [-0.25, -0.2) is 0 Å². The van der Waals surface area contributed by atoms with Gasteiger partial charge < -0.3 is 10.0 Å². The van der Waals surface area contributed by atoms with Crippen LogP contribution in [0.1, 0.15) is 24.2 Å². The van der Waals surface area contributed by atoms with Crippen molar-refractivity contribution in [2.75, 3.05) is 32.8 Å². The maximum absolute atomic E-state index is 9.46. The Bertz CT molecular complexity index is 631. The van der Waals surface area contributed by atoms with Crippen LogP contribution in [0.25, 0.3) is 0 Å². The second kappa shape index (κ2) is 9.08. The lowest BCUT2D eigenvalue weighted by molar-refractivity contribution is 0.0517. The van der Waals surface area contributed by atoms with Gasteiger partial charge in [0, 0.05) is 70.0 Å². The zero-order valence-corrected chi connectivity index (χ0v) is 15.1. The number of hydrogen-bond donors (Lipinski definition) is 1. The average molecular weight is 343 g/mol. The molecule has 1 aliphatic rings. The number of aliphatic hydroxyl groups excluding tert-OH is 1. The molecule has 0 radical (unpaired) electrons. The molecule has 1 fully saturated rings. The number of aryl methyl sites for hydroxylation is 2. The van der Waals surface area contributed by atoms with Crippen LogP contribution < -0.4 is 0 Å². The van der Waals surface area contributed by atoms with Gasteiger partial charge in [0.25, 0.3) is 0 Å². The van der Waals surface area contributed by atoms with Crippen LogP contribution in [0, 0.1) is 6.92 Å². The summed E-state index contributed by atoms with van der Waals surface area (Å²) in [5.74, 6) is 0. The van der Waals surface area contributed by atoms with E-state index >= 15 is 0 Å². The van der Waals surface area contributed by atoms with Gasteiger partial charge in [-0.3, -0.25) is 14.6 Å². The molecule has 0 aliphatic carbocycles. The van der Waals surface area contributed by atoms with E-state index < -0.39 is 0 Å². The molecule has 0 saturated carbocycles. The predicted octanol–water partition coefficient (Wildman–Crippen LogP) is 1.55. The molecule has 6 nitrogen and oxygen atoms in total. The molecule has 0 spiro atoms. The van der Waals surface area contributed by atoms with Crippen molar-refractivity contribution >= 4 is 0 Å². The number of aromatic nitrogens is 3. The zero-order chi connectivity index (χ0) is 17.5. The third-order valence-electron chi connectivity index (χ3n) is 4.88. The summed E-state index contributed by atoms with van der Waals surface area (Å²) < 4.78 is 1.99. The van der Waals surface area contributed by atoms with Crippen molar-refractivity contribution in [2.45, 2.75) is 38.9 Å². The first-order chi connectivity index (χ1) is 12.2. The maximum atomic E-state index is 9.46. The fourth-order valence-electron chi connectivity index (χ4n) is 3.58. The van der Waals surface area contributed by atoms with Crippen LogP contribution in [-0.4, -0.2) is 68.5 Å². The van der Waals surface area contributed by atoms with E-state index in [2.05, 4.69) is 32.0 Å². The first-order valence-corrected chi connectivity index (χ1v) is 9.22. The van der Waals surface area contributed by atoms with Crippen LogP contribution in [0.4, 0.5) is 0 Å². The molecule has 3 heterocycles. The number of pyridine rings is 1. The minimum absolute atomic E-state index is 0.240. The monoisotopic (exact) mass is 343 g/mol. The molecule has 1 N–H and O–H groups in total. The molecule has 2 aromatic rings. The molecule has 1 saturated heterocycles. The van der Waals surface area contributed by atoms with E-state index in [9.17, 15) is 5.11 Å². The van der Waals surface area contributed by atoms with E-state index in [1.54, 1.807) is 0 Å². The Morgan fingerprint density at radius 3 is 2.88 bits per heavy atom. The summed E-state index contributed by atoms with van der Waals surface area (Å²) in [5, 5.41) is 13.7. The highest BCUT2D eigenvalue weighted by Gasteiger charge is 2.26. The Morgan fingerprint density at radius 1 is 1.20 bits per heavy atom. The van der Waals surface area contributed by atoms with E-state index in [1.807, 2.05) is 36.1 Å². The number of rotatable bonds is 8. The van der Waals surface area contributed by atoms with E-state index in [4.69, 9.17) is 0 Å². The number of aliphatic hydroxyl groups is 1. The summed E-state index contributed by atoms with van der Waals surface area (Å²) in [4.78, 5) is 9.62. The SMILES string of the molecule is Cc1cccc(CN2CCN(CCCn3cccn3)CC2CCO)n1. The fraction of sp³-hybridized carbons (Fsp3) is 0.579. The summed E-state index contributed by atoms with van der Waals surface area (Å²) in [6.07, 6.45) is 5.77. The van der Waals surface area contributed by atoms with Crippen LogP contribution in [0.5, 0.6) is 0 Å². The van der Waals surface area contributed by atoms with Gasteiger partial charge >= 0.3 is 0 Å². The second-order valence-electron chi connectivity index (χ2n) is 6.83. The number of hydrogen-bond acceptors (Lipinski definition) is 5. The predicted molar refractivity (Wildman–Crippen MR) is 98.2 cm³/mol. The Labute approximate surface area is 150 Å². The molecule has 3 rings (SSSR count). The number of piperazine rings is 1. The highest BCUT2D eigenvalue weighted by Crippen LogP contribution is 2.16. The van der Waals surface area contributed by atoms with Gasteiger partial charge in [-0.1, -0.05) is 6.07 Å². The lowest BCUT2D eigenvalue weighted by Crippen LogP contribution is -2.53. The minimum Gasteiger partial charge on any atom is -0.396 e. The molecule has 0 aromatic carbocycles.